The fourth-order valence-electron chi connectivity index (χ4n) is 1.85. The minimum Gasteiger partial charge on any atom is -0.328 e. The van der Waals surface area contributed by atoms with E-state index in [-0.39, 0.29) is 18.5 Å². The lowest BCUT2D eigenvalue weighted by atomic mass is 10.0. The number of anilines is 1. The van der Waals surface area contributed by atoms with Crippen molar-refractivity contribution in [2.45, 2.75) is 20.8 Å². The van der Waals surface area contributed by atoms with Gasteiger partial charge in [0.15, 0.2) is 0 Å². The molecule has 84 valence electrons. The predicted octanol–water partition coefficient (Wildman–Crippen LogP) is 1.67. The molecule has 1 fully saturated rings. The van der Waals surface area contributed by atoms with Crippen molar-refractivity contribution in [3.63, 3.8) is 0 Å². The summed E-state index contributed by atoms with van der Waals surface area (Å²) in [5.41, 5.74) is 3.86. The van der Waals surface area contributed by atoms with Crippen LogP contribution in [0.4, 0.5) is 10.5 Å². The maximum absolute atomic E-state index is 11.6. The Labute approximate surface area is 94.2 Å². The molecular weight excluding hydrogens is 204 g/mol. The summed E-state index contributed by atoms with van der Waals surface area (Å²) >= 11 is 0. The molecule has 1 aromatic carbocycles. The lowest BCUT2D eigenvalue weighted by Crippen LogP contribution is -2.31. The number of rotatable bonds is 1. The van der Waals surface area contributed by atoms with E-state index >= 15 is 0 Å². The summed E-state index contributed by atoms with van der Waals surface area (Å²) in [5.74, 6) is -0.198. The largest absolute Gasteiger partial charge is 0.329 e. The van der Waals surface area contributed by atoms with Crippen molar-refractivity contribution in [2.75, 3.05) is 11.4 Å². The first-order valence-electron chi connectivity index (χ1n) is 5.19. The summed E-state index contributed by atoms with van der Waals surface area (Å²) in [6.07, 6.45) is 0. The van der Waals surface area contributed by atoms with Crippen molar-refractivity contribution < 1.29 is 9.59 Å². The van der Waals surface area contributed by atoms with Crippen molar-refractivity contribution in [1.82, 2.24) is 5.32 Å². The van der Waals surface area contributed by atoms with E-state index in [2.05, 4.69) is 5.32 Å². The summed E-state index contributed by atoms with van der Waals surface area (Å²) < 4.78 is 0. The van der Waals surface area contributed by atoms with Gasteiger partial charge in [0.25, 0.3) is 5.91 Å². The molecule has 1 aromatic rings. The molecule has 0 radical (unpaired) electrons. The Bertz CT molecular complexity index is 464. The Hall–Kier alpha value is -1.84. The highest BCUT2D eigenvalue weighted by molar-refractivity contribution is 6.20. The van der Waals surface area contributed by atoms with Crippen LogP contribution < -0.4 is 10.2 Å². The van der Waals surface area contributed by atoms with Gasteiger partial charge in [0.05, 0.1) is 12.2 Å². The molecule has 4 nitrogen and oxygen atoms in total. The van der Waals surface area contributed by atoms with Gasteiger partial charge >= 0.3 is 6.03 Å². The van der Waals surface area contributed by atoms with E-state index in [4.69, 9.17) is 0 Å². The van der Waals surface area contributed by atoms with Gasteiger partial charge in [-0.1, -0.05) is 6.07 Å². The minimum atomic E-state index is -0.337. The number of amides is 3. The Balaban J connectivity index is 2.51. The van der Waals surface area contributed by atoms with Crippen LogP contribution in [0, 0.1) is 20.8 Å². The Kier molecular flexibility index (Phi) is 2.42. The first kappa shape index (κ1) is 10.7. The standard InChI is InChI=1S/C12H14N2O2/c1-7-4-9(3)10(5-8(7)2)14-11(15)6-13-12(14)16/h4-5H,6H2,1-3H3,(H,13,16). The van der Waals surface area contributed by atoms with Gasteiger partial charge < -0.3 is 5.32 Å². The van der Waals surface area contributed by atoms with Gasteiger partial charge in [-0.2, -0.15) is 0 Å². The van der Waals surface area contributed by atoms with Crippen LogP contribution in [0.3, 0.4) is 0 Å². The number of nitrogens with one attached hydrogen (secondary N) is 1. The fourth-order valence-corrected chi connectivity index (χ4v) is 1.85. The average molecular weight is 218 g/mol. The minimum absolute atomic E-state index is 0.0885. The lowest BCUT2D eigenvalue weighted by molar-refractivity contribution is -0.115. The third-order valence-electron chi connectivity index (χ3n) is 2.90. The van der Waals surface area contributed by atoms with Crippen molar-refractivity contribution in [3.8, 4) is 0 Å². The van der Waals surface area contributed by atoms with E-state index in [9.17, 15) is 9.59 Å². The summed E-state index contributed by atoms with van der Waals surface area (Å²) in [7, 11) is 0. The number of carbonyl (C=O) groups excluding carboxylic acids is 2. The summed E-state index contributed by atoms with van der Waals surface area (Å²) in [6.45, 7) is 5.97. The highest BCUT2D eigenvalue weighted by Crippen LogP contribution is 2.25. The van der Waals surface area contributed by atoms with Gasteiger partial charge in [-0.3, -0.25) is 4.79 Å². The quantitative estimate of drug-likeness (QED) is 0.729. The van der Waals surface area contributed by atoms with Gasteiger partial charge in [0.2, 0.25) is 0 Å². The number of benzene rings is 1. The molecule has 0 saturated carbocycles. The topological polar surface area (TPSA) is 49.4 Å². The van der Waals surface area contributed by atoms with Gasteiger partial charge in [-0.25, -0.2) is 9.69 Å². The number of imide groups is 1. The molecule has 0 spiro atoms. The van der Waals surface area contributed by atoms with Crippen molar-refractivity contribution >= 4 is 17.6 Å². The molecular formula is C12H14N2O2. The number of urea groups is 1. The predicted molar refractivity (Wildman–Crippen MR) is 61.5 cm³/mol. The van der Waals surface area contributed by atoms with Crippen LogP contribution in [0.25, 0.3) is 0 Å². The Morgan fingerprint density at radius 3 is 2.25 bits per heavy atom. The zero-order valence-electron chi connectivity index (χ0n) is 9.63. The molecule has 1 heterocycles. The second kappa shape index (κ2) is 3.63. The van der Waals surface area contributed by atoms with Crippen LogP contribution in [0.2, 0.25) is 0 Å². The molecule has 2 rings (SSSR count). The zero-order chi connectivity index (χ0) is 11.9. The average Bonchev–Trinajstić information content (AvgIpc) is 2.53. The molecule has 16 heavy (non-hydrogen) atoms. The van der Waals surface area contributed by atoms with E-state index in [1.165, 1.54) is 4.90 Å². The SMILES string of the molecule is Cc1cc(C)c(N2C(=O)CNC2=O)cc1C. The molecule has 0 aliphatic carbocycles. The number of aryl methyl sites for hydroxylation is 3. The van der Waals surface area contributed by atoms with Crippen LogP contribution >= 0.6 is 0 Å². The van der Waals surface area contributed by atoms with E-state index in [0.717, 1.165) is 16.7 Å². The first-order chi connectivity index (χ1) is 7.50. The Morgan fingerprint density at radius 2 is 1.69 bits per heavy atom. The molecule has 0 unspecified atom stereocenters. The van der Waals surface area contributed by atoms with Crippen molar-refractivity contribution in [1.29, 1.82) is 0 Å². The van der Waals surface area contributed by atoms with Crippen LogP contribution in [0.5, 0.6) is 0 Å². The zero-order valence-corrected chi connectivity index (χ0v) is 9.63. The van der Waals surface area contributed by atoms with E-state index < -0.39 is 0 Å². The molecule has 3 amide bonds. The van der Waals surface area contributed by atoms with Gasteiger partial charge in [-0.05, 0) is 43.5 Å². The monoisotopic (exact) mass is 218 g/mol. The van der Waals surface area contributed by atoms with Gasteiger partial charge in [-0.15, -0.1) is 0 Å². The first-order valence-corrected chi connectivity index (χ1v) is 5.19. The normalized spacial score (nSPS) is 15.6. The van der Waals surface area contributed by atoms with Gasteiger partial charge in [0, 0.05) is 0 Å². The van der Waals surface area contributed by atoms with E-state index in [1.54, 1.807) is 0 Å². The molecule has 1 aliphatic heterocycles. The second-order valence-corrected chi connectivity index (χ2v) is 4.11. The third kappa shape index (κ3) is 1.56. The van der Waals surface area contributed by atoms with E-state index in [1.807, 2.05) is 32.9 Å². The van der Waals surface area contributed by atoms with Crippen molar-refractivity contribution in [3.05, 3.63) is 28.8 Å². The lowest BCUT2D eigenvalue weighted by Gasteiger charge is -2.17. The summed E-state index contributed by atoms with van der Waals surface area (Å²) in [4.78, 5) is 24.3. The number of nitrogens with zero attached hydrogens (tertiary/aromatic N) is 1. The maximum atomic E-state index is 11.6. The second-order valence-electron chi connectivity index (χ2n) is 4.11. The number of hydrogen-bond donors (Lipinski definition) is 1. The Morgan fingerprint density at radius 1 is 1.06 bits per heavy atom. The smallest absolute Gasteiger partial charge is 0.328 e. The molecule has 0 bridgehead atoms. The molecule has 0 atom stereocenters. The summed E-state index contributed by atoms with van der Waals surface area (Å²) in [6, 6.07) is 3.54. The van der Waals surface area contributed by atoms with Gasteiger partial charge in [0.1, 0.15) is 0 Å². The van der Waals surface area contributed by atoms with Crippen LogP contribution in [-0.2, 0) is 4.79 Å². The van der Waals surface area contributed by atoms with Crippen LogP contribution in [0.1, 0.15) is 16.7 Å². The van der Waals surface area contributed by atoms with Crippen LogP contribution in [-0.4, -0.2) is 18.5 Å². The maximum Gasteiger partial charge on any atom is 0.329 e. The molecule has 1 aliphatic rings. The molecule has 1 saturated heterocycles. The van der Waals surface area contributed by atoms with Crippen LogP contribution in [0.15, 0.2) is 12.1 Å². The molecule has 4 heteroatoms. The highest BCUT2D eigenvalue weighted by atomic mass is 16.2. The molecule has 1 N–H and O–H groups in total. The van der Waals surface area contributed by atoms with Crippen molar-refractivity contribution in [2.24, 2.45) is 0 Å². The number of hydrogen-bond acceptors (Lipinski definition) is 2. The fraction of sp³-hybridized carbons (Fsp3) is 0.333. The van der Waals surface area contributed by atoms with E-state index in [0.29, 0.717) is 5.69 Å². The number of carbonyl (C=O) groups is 2. The molecule has 0 aromatic heterocycles. The summed E-state index contributed by atoms with van der Waals surface area (Å²) in [5, 5.41) is 2.52. The highest BCUT2D eigenvalue weighted by Gasteiger charge is 2.31. The third-order valence-corrected chi connectivity index (χ3v) is 2.90.